The second-order valence-electron chi connectivity index (χ2n) is 7.21. The Bertz CT molecular complexity index is 875. The maximum Gasteiger partial charge on any atom is 0.274 e. The van der Waals surface area contributed by atoms with E-state index in [0.717, 1.165) is 43.9 Å². The van der Waals surface area contributed by atoms with E-state index in [1.54, 1.807) is 6.07 Å². The molecule has 27 heavy (non-hydrogen) atoms. The molecule has 0 amide bonds. The van der Waals surface area contributed by atoms with Gasteiger partial charge in [0.1, 0.15) is 38.5 Å². The number of nitrogens with one attached hydrogen (secondary N) is 2. The molecule has 140 valence electrons. The van der Waals surface area contributed by atoms with Gasteiger partial charge in [0.15, 0.2) is 6.04 Å². The first-order chi connectivity index (χ1) is 13.2. The Morgan fingerprint density at radius 2 is 1.67 bits per heavy atom. The molecule has 5 nitrogen and oxygen atoms in total. The van der Waals surface area contributed by atoms with Crippen molar-refractivity contribution in [3.63, 3.8) is 0 Å². The third-order valence-corrected chi connectivity index (χ3v) is 5.44. The molecule has 1 aliphatic heterocycles. The standard InChI is InChI=1S/C21H23FN4O/c1-16(20-23-24-21(27-20)17-7-3-2-4-8-17)26-13-11-25(12-14-26)15-18-9-5-6-10-19(18)22/h2-10,16H,11-15H2,1H3/p+2/t16-/m0/s1. The van der Waals surface area contributed by atoms with Gasteiger partial charge in [0, 0.05) is 11.1 Å². The molecular formula is C21H25FN4O+2. The minimum atomic E-state index is -0.104. The van der Waals surface area contributed by atoms with Gasteiger partial charge in [-0.2, -0.15) is 0 Å². The van der Waals surface area contributed by atoms with Crippen molar-refractivity contribution in [2.24, 2.45) is 0 Å². The second-order valence-corrected chi connectivity index (χ2v) is 7.21. The monoisotopic (exact) mass is 368 g/mol. The lowest BCUT2D eigenvalue weighted by atomic mass is 10.1. The van der Waals surface area contributed by atoms with Crippen LogP contribution in [0.4, 0.5) is 4.39 Å². The van der Waals surface area contributed by atoms with Gasteiger partial charge in [-0.1, -0.05) is 36.4 Å². The van der Waals surface area contributed by atoms with Crippen molar-refractivity contribution in [2.45, 2.75) is 19.5 Å². The van der Waals surface area contributed by atoms with Crippen LogP contribution in [0.3, 0.4) is 0 Å². The molecule has 0 aliphatic carbocycles. The fourth-order valence-corrected chi connectivity index (χ4v) is 3.73. The lowest BCUT2D eigenvalue weighted by Gasteiger charge is -2.32. The summed E-state index contributed by atoms with van der Waals surface area (Å²) < 4.78 is 19.8. The molecule has 1 aromatic heterocycles. The number of piperazine rings is 1. The number of nitrogens with zero attached hydrogens (tertiary/aromatic N) is 2. The molecular weight excluding hydrogens is 343 g/mol. The molecule has 2 heterocycles. The Hall–Kier alpha value is -2.57. The van der Waals surface area contributed by atoms with E-state index in [-0.39, 0.29) is 11.9 Å². The van der Waals surface area contributed by atoms with E-state index < -0.39 is 0 Å². The van der Waals surface area contributed by atoms with Gasteiger partial charge in [-0.3, -0.25) is 0 Å². The van der Waals surface area contributed by atoms with Crippen molar-refractivity contribution >= 4 is 0 Å². The van der Waals surface area contributed by atoms with Crippen LogP contribution in [0.1, 0.15) is 24.4 Å². The number of hydrogen-bond acceptors (Lipinski definition) is 3. The zero-order valence-electron chi connectivity index (χ0n) is 15.5. The zero-order chi connectivity index (χ0) is 18.6. The summed E-state index contributed by atoms with van der Waals surface area (Å²) in [6, 6.07) is 17.1. The Morgan fingerprint density at radius 1 is 0.963 bits per heavy atom. The zero-order valence-corrected chi connectivity index (χ0v) is 15.5. The number of halogens is 1. The van der Waals surface area contributed by atoms with Gasteiger partial charge in [-0.15, -0.1) is 10.2 Å². The van der Waals surface area contributed by atoms with E-state index in [1.165, 1.54) is 15.9 Å². The minimum Gasteiger partial charge on any atom is -0.415 e. The summed E-state index contributed by atoms with van der Waals surface area (Å²) in [6.07, 6.45) is 0. The van der Waals surface area contributed by atoms with Crippen LogP contribution >= 0.6 is 0 Å². The van der Waals surface area contributed by atoms with Crippen molar-refractivity contribution in [3.05, 3.63) is 71.9 Å². The van der Waals surface area contributed by atoms with Crippen LogP contribution < -0.4 is 9.80 Å². The van der Waals surface area contributed by atoms with E-state index in [0.29, 0.717) is 11.8 Å². The second kappa shape index (κ2) is 7.98. The Balaban J connectivity index is 1.36. The SMILES string of the molecule is C[C@@H](c1nnc(-c2ccccc2)o1)[NH+]1CC[NH+](Cc2ccccc2F)CC1. The first-order valence-corrected chi connectivity index (χ1v) is 9.51. The van der Waals surface area contributed by atoms with E-state index >= 15 is 0 Å². The molecule has 0 saturated carbocycles. The number of benzene rings is 2. The van der Waals surface area contributed by atoms with Crippen molar-refractivity contribution < 1.29 is 18.6 Å². The van der Waals surface area contributed by atoms with Crippen LogP contribution in [0, 0.1) is 5.82 Å². The Morgan fingerprint density at radius 3 is 2.41 bits per heavy atom. The lowest BCUT2D eigenvalue weighted by Crippen LogP contribution is -3.27. The maximum atomic E-state index is 13.9. The molecule has 1 aliphatic rings. The first kappa shape index (κ1) is 17.8. The molecule has 0 spiro atoms. The molecule has 0 bridgehead atoms. The smallest absolute Gasteiger partial charge is 0.274 e. The number of quaternary nitrogens is 2. The van der Waals surface area contributed by atoms with Crippen LogP contribution in [0.5, 0.6) is 0 Å². The molecule has 0 radical (unpaired) electrons. The predicted octanol–water partition coefficient (Wildman–Crippen LogP) is 0.920. The van der Waals surface area contributed by atoms with Crippen molar-refractivity contribution in [1.29, 1.82) is 0 Å². The Kier molecular flexibility index (Phi) is 5.27. The highest BCUT2D eigenvalue weighted by molar-refractivity contribution is 5.51. The van der Waals surface area contributed by atoms with Crippen LogP contribution in [0.2, 0.25) is 0 Å². The van der Waals surface area contributed by atoms with Gasteiger partial charge in [0.05, 0.1) is 0 Å². The lowest BCUT2D eigenvalue weighted by molar-refractivity contribution is -1.03. The molecule has 1 atom stereocenters. The Labute approximate surface area is 158 Å². The number of aromatic nitrogens is 2. The topological polar surface area (TPSA) is 47.8 Å². The van der Waals surface area contributed by atoms with Crippen LogP contribution in [-0.2, 0) is 6.54 Å². The van der Waals surface area contributed by atoms with Crippen molar-refractivity contribution in [1.82, 2.24) is 10.2 Å². The molecule has 3 aromatic rings. The van der Waals surface area contributed by atoms with Gasteiger partial charge >= 0.3 is 0 Å². The highest BCUT2D eigenvalue weighted by atomic mass is 19.1. The van der Waals surface area contributed by atoms with Crippen LogP contribution in [-0.4, -0.2) is 36.4 Å². The molecule has 0 unspecified atom stereocenters. The van der Waals surface area contributed by atoms with E-state index in [1.807, 2.05) is 42.5 Å². The highest BCUT2D eigenvalue weighted by Gasteiger charge is 2.31. The number of hydrogen-bond donors (Lipinski definition) is 2. The van der Waals surface area contributed by atoms with Crippen molar-refractivity contribution in [2.75, 3.05) is 26.2 Å². The first-order valence-electron chi connectivity index (χ1n) is 9.51. The van der Waals surface area contributed by atoms with Gasteiger partial charge in [0.2, 0.25) is 5.89 Å². The molecule has 2 N–H and O–H groups in total. The summed E-state index contributed by atoms with van der Waals surface area (Å²) in [4.78, 5) is 2.86. The summed E-state index contributed by atoms with van der Waals surface area (Å²) in [5, 5.41) is 8.48. The van der Waals surface area contributed by atoms with Gasteiger partial charge in [0.25, 0.3) is 5.89 Å². The third-order valence-electron chi connectivity index (χ3n) is 5.44. The van der Waals surface area contributed by atoms with Crippen molar-refractivity contribution in [3.8, 4) is 11.5 Å². The van der Waals surface area contributed by atoms with Crippen LogP contribution in [0.25, 0.3) is 11.5 Å². The predicted molar refractivity (Wildman–Crippen MR) is 99.6 cm³/mol. The summed E-state index contributed by atoms with van der Waals surface area (Å²) in [7, 11) is 0. The summed E-state index contributed by atoms with van der Waals surface area (Å²) in [5.41, 5.74) is 1.74. The molecule has 6 heteroatoms. The molecule has 1 fully saturated rings. The van der Waals surface area contributed by atoms with Gasteiger partial charge < -0.3 is 14.2 Å². The molecule has 1 saturated heterocycles. The van der Waals surface area contributed by atoms with Crippen LogP contribution in [0.15, 0.2) is 59.0 Å². The van der Waals surface area contributed by atoms with Gasteiger partial charge in [-0.05, 0) is 25.1 Å². The maximum absolute atomic E-state index is 13.9. The molecule has 2 aromatic carbocycles. The fourth-order valence-electron chi connectivity index (χ4n) is 3.73. The quantitative estimate of drug-likeness (QED) is 0.704. The minimum absolute atomic E-state index is 0.104. The normalized spacial score (nSPS) is 21.1. The molecule has 4 rings (SSSR count). The largest absolute Gasteiger partial charge is 0.415 e. The van der Waals surface area contributed by atoms with Gasteiger partial charge in [-0.25, -0.2) is 4.39 Å². The fraction of sp³-hybridized carbons (Fsp3) is 0.333. The average Bonchev–Trinajstić information content (AvgIpc) is 3.21. The van der Waals surface area contributed by atoms with E-state index in [4.69, 9.17) is 4.42 Å². The summed E-state index contributed by atoms with van der Waals surface area (Å²) in [5.74, 6) is 1.15. The average molecular weight is 368 g/mol. The number of rotatable bonds is 5. The van der Waals surface area contributed by atoms with E-state index in [9.17, 15) is 4.39 Å². The highest BCUT2D eigenvalue weighted by Crippen LogP contribution is 2.19. The van der Waals surface area contributed by atoms with E-state index in [2.05, 4.69) is 17.1 Å². The summed E-state index contributed by atoms with van der Waals surface area (Å²) in [6.45, 7) is 6.91. The summed E-state index contributed by atoms with van der Waals surface area (Å²) >= 11 is 0. The third kappa shape index (κ3) is 4.07.